The lowest BCUT2D eigenvalue weighted by atomic mass is 10.0. The molecule has 0 radical (unpaired) electrons. The lowest BCUT2D eigenvalue weighted by Crippen LogP contribution is -2.17. The first kappa shape index (κ1) is 13.7. The van der Waals surface area contributed by atoms with Gasteiger partial charge in [-0.1, -0.05) is 36.4 Å². The smallest absolute Gasteiger partial charge is 0.231 e. The molecule has 0 bridgehead atoms. The van der Waals surface area contributed by atoms with Crippen molar-refractivity contribution in [1.82, 2.24) is 4.57 Å². The summed E-state index contributed by atoms with van der Waals surface area (Å²) >= 11 is 0. The summed E-state index contributed by atoms with van der Waals surface area (Å²) in [6.07, 6.45) is 0. The second-order valence-corrected chi connectivity index (χ2v) is 6.03. The Bertz CT molecular complexity index is 899. The van der Waals surface area contributed by atoms with Crippen molar-refractivity contribution in [3.63, 3.8) is 0 Å². The van der Waals surface area contributed by atoms with E-state index in [1.54, 1.807) is 0 Å². The molecule has 0 saturated heterocycles. The van der Waals surface area contributed by atoms with Crippen LogP contribution in [0.5, 0.6) is 11.5 Å². The van der Waals surface area contributed by atoms with Crippen molar-refractivity contribution in [3.8, 4) is 33.9 Å². The first-order valence-corrected chi connectivity index (χ1v) is 8.16. The summed E-state index contributed by atoms with van der Waals surface area (Å²) < 4.78 is 19.1. The number of rotatable bonds is 2. The summed E-state index contributed by atoms with van der Waals surface area (Å²) in [7, 11) is 0. The van der Waals surface area contributed by atoms with Crippen LogP contribution in [0.15, 0.2) is 54.6 Å². The van der Waals surface area contributed by atoms with E-state index in [-0.39, 0.29) is 0 Å². The van der Waals surface area contributed by atoms with Crippen molar-refractivity contribution in [2.24, 2.45) is 0 Å². The van der Waals surface area contributed by atoms with Crippen molar-refractivity contribution in [2.45, 2.75) is 13.2 Å². The average molecular weight is 319 g/mol. The van der Waals surface area contributed by atoms with Crippen molar-refractivity contribution < 1.29 is 14.2 Å². The fraction of sp³-hybridized carbons (Fsp3) is 0.200. The number of ether oxygens (including phenoxy) is 3. The lowest BCUT2D eigenvalue weighted by molar-refractivity contribution is 0.0860. The van der Waals surface area contributed by atoms with Crippen LogP contribution in [0.25, 0.3) is 22.4 Å². The molecule has 0 unspecified atom stereocenters. The molecule has 0 amide bonds. The molecule has 2 aliphatic heterocycles. The van der Waals surface area contributed by atoms with E-state index in [1.807, 2.05) is 12.1 Å². The van der Waals surface area contributed by atoms with Crippen LogP contribution in [0.2, 0.25) is 0 Å². The molecule has 0 aliphatic carbocycles. The van der Waals surface area contributed by atoms with E-state index in [4.69, 9.17) is 14.2 Å². The minimum atomic E-state index is 0.297. The van der Waals surface area contributed by atoms with Crippen LogP contribution in [-0.4, -0.2) is 18.0 Å². The first-order chi connectivity index (χ1) is 11.9. The molecule has 5 rings (SSSR count). The largest absolute Gasteiger partial charge is 0.454 e. The summed E-state index contributed by atoms with van der Waals surface area (Å²) in [5, 5.41) is 0. The van der Waals surface area contributed by atoms with Gasteiger partial charge in [-0.05, 0) is 29.3 Å². The number of nitrogens with zero attached hydrogens (tertiary/aromatic N) is 1. The Balaban J connectivity index is 1.68. The number of benzene rings is 2. The minimum absolute atomic E-state index is 0.297. The van der Waals surface area contributed by atoms with Gasteiger partial charge in [0.1, 0.15) is 0 Å². The van der Waals surface area contributed by atoms with Crippen LogP contribution in [0, 0.1) is 0 Å². The Kier molecular flexibility index (Phi) is 3.10. The van der Waals surface area contributed by atoms with Gasteiger partial charge < -0.3 is 18.8 Å². The van der Waals surface area contributed by atoms with Crippen LogP contribution in [0.1, 0.15) is 5.69 Å². The van der Waals surface area contributed by atoms with Gasteiger partial charge in [-0.15, -0.1) is 0 Å². The fourth-order valence-electron chi connectivity index (χ4n) is 3.49. The second kappa shape index (κ2) is 5.42. The predicted octanol–water partition coefficient (Wildman–Crippen LogP) is 4.08. The Hall–Kier alpha value is -2.72. The normalized spacial score (nSPS) is 15.3. The van der Waals surface area contributed by atoms with Crippen LogP contribution in [-0.2, 0) is 17.9 Å². The molecule has 0 atom stereocenters. The molecule has 2 aliphatic rings. The predicted molar refractivity (Wildman–Crippen MR) is 91.1 cm³/mol. The highest BCUT2D eigenvalue weighted by Crippen LogP contribution is 2.40. The van der Waals surface area contributed by atoms with Gasteiger partial charge in [0.2, 0.25) is 6.79 Å². The van der Waals surface area contributed by atoms with E-state index in [9.17, 15) is 0 Å². The van der Waals surface area contributed by atoms with Crippen LogP contribution in [0.4, 0.5) is 0 Å². The number of hydrogen-bond acceptors (Lipinski definition) is 3. The molecule has 3 aromatic rings. The van der Waals surface area contributed by atoms with E-state index < -0.39 is 0 Å². The minimum Gasteiger partial charge on any atom is -0.454 e. The molecule has 0 fully saturated rings. The summed E-state index contributed by atoms with van der Waals surface area (Å²) in [6.45, 7) is 2.56. The fourth-order valence-corrected chi connectivity index (χ4v) is 3.49. The van der Waals surface area contributed by atoms with Crippen molar-refractivity contribution in [1.29, 1.82) is 0 Å². The maximum Gasteiger partial charge on any atom is 0.231 e. The maximum atomic E-state index is 5.72. The monoisotopic (exact) mass is 319 g/mol. The topological polar surface area (TPSA) is 32.6 Å². The highest BCUT2D eigenvalue weighted by molar-refractivity contribution is 5.76. The molecule has 0 N–H and O–H groups in total. The van der Waals surface area contributed by atoms with Gasteiger partial charge in [-0.3, -0.25) is 0 Å². The Labute approximate surface area is 140 Å². The van der Waals surface area contributed by atoms with Crippen molar-refractivity contribution >= 4 is 0 Å². The third-order valence-electron chi connectivity index (χ3n) is 4.66. The molecule has 0 spiro atoms. The Morgan fingerprint density at radius 3 is 2.62 bits per heavy atom. The molecule has 2 aromatic carbocycles. The van der Waals surface area contributed by atoms with E-state index in [0.717, 1.165) is 30.2 Å². The summed E-state index contributed by atoms with van der Waals surface area (Å²) in [5.41, 5.74) is 6.02. The number of fused-ring (bicyclic) bond motifs is 2. The molecule has 24 heavy (non-hydrogen) atoms. The van der Waals surface area contributed by atoms with Crippen molar-refractivity contribution in [3.05, 3.63) is 60.3 Å². The van der Waals surface area contributed by atoms with Crippen LogP contribution in [0.3, 0.4) is 0 Å². The molecule has 4 heteroatoms. The molecule has 3 heterocycles. The molecule has 0 saturated carbocycles. The highest BCUT2D eigenvalue weighted by Gasteiger charge is 2.22. The van der Waals surface area contributed by atoms with Crippen LogP contribution < -0.4 is 9.47 Å². The molecular weight excluding hydrogens is 302 g/mol. The summed E-state index contributed by atoms with van der Waals surface area (Å²) in [5.74, 6) is 1.62. The zero-order valence-corrected chi connectivity index (χ0v) is 13.2. The Morgan fingerprint density at radius 2 is 1.71 bits per heavy atom. The van der Waals surface area contributed by atoms with Gasteiger partial charge in [0.15, 0.2) is 11.5 Å². The maximum absolute atomic E-state index is 5.72. The van der Waals surface area contributed by atoms with E-state index in [1.165, 1.54) is 22.5 Å². The van der Waals surface area contributed by atoms with Gasteiger partial charge in [-0.25, -0.2) is 0 Å². The third-order valence-corrected chi connectivity index (χ3v) is 4.66. The van der Waals surface area contributed by atoms with Gasteiger partial charge in [0.05, 0.1) is 18.9 Å². The van der Waals surface area contributed by atoms with Crippen molar-refractivity contribution in [2.75, 3.05) is 13.4 Å². The second-order valence-electron chi connectivity index (χ2n) is 6.03. The van der Waals surface area contributed by atoms with Gasteiger partial charge in [-0.2, -0.15) is 0 Å². The number of hydrogen-bond donors (Lipinski definition) is 0. The summed E-state index contributed by atoms with van der Waals surface area (Å²) in [6, 6.07) is 18.9. The summed E-state index contributed by atoms with van der Waals surface area (Å²) in [4.78, 5) is 0. The SMILES string of the molecule is c1ccc(-c2cc(-c3ccc4c(c3)OCO4)c3n2CCOC3)cc1. The number of aromatic nitrogens is 1. The van der Waals surface area contributed by atoms with E-state index >= 15 is 0 Å². The first-order valence-electron chi connectivity index (χ1n) is 8.16. The molecule has 120 valence electrons. The quantitative estimate of drug-likeness (QED) is 0.713. The molecule has 4 nitrogen and oxygen atoms in total. The van der Waals surface area contributed by atoms with Gasteiger partial charge in [0, 0.05) is 17.8 Å². The average Bonchev–Trinajstić information content (AvgIpc) is 3.26. The van der Waals surface area contributed by atoms with Crippen LogP contribution >= 0.6 is 0 Å². The molecule has 1 aromatic heterocycles. The Morgan fingerprint density at radius 1 is 0.833 bits per heavy atom. The van der Waals surface area contributed by atoms with E-state index in [0.29, 0.717) is 13.4 Å². The molecular formula is C20H17NO3. The van der Waals surface area contributed by atoms with E-state index in [2.05, 4.69) is 47.0 Å². The third kappa shape index (κ3) is 2.11. The van der Waals surface area contributed by atoms with Gasteiger partial charge >= 0.3 is 0 Å². The zero-order chi connectivity index (χ0) is 15.9. The standard InChI is InChI=1S/C20H17NO3/c1-2-4-14(5-3-1)17-11-16(18-12-22-9-8-21(17)18)15-6-7-19-20(10-15)24-13-23-19/h1-7,10-11H,8-9,12-13H2. The lowest BCUT2D eigenvalue weighted by Gasteiger charge is -2.20. The highest BCUT2D eigenvalue weighted by atomic mass is 16.7. The zero-order valence-electron chi connectivity index (χ0n) is 13.2. The van der Waals surface area contributed by atoms with Gasteiger partial charge in [0.25, 0.3) is 0 Å².